The van der Waals surface area contributed by atoms with Gasteiger partial charge < -0.3 is 5.32 Å². The molecule has 3 rings (SSSR count). The number of ketones is 1. The standard InChI is InChI=1S/C20H16ClNO/c21-19-12-5-4-9-17(19)14-22-18-11-6-10-16(13-18)20(23)15-7-2-1-3-8-15/h1-13,22H,14H2. The van der Waals surface area contributed by atoms with E-state index in [1.165, 1.54) is 0 Å². The lowest BCUT2D eigenvalue weighted by Gasteiger charge is -2.09. The van der Waals surface area contributed by atoms with Crippen molar-refractivity contribution in [3.8, 4) is 0 Å². The molecule has 0 fully saturated rings. The summed E-state index contributed by atoms with van der Waals surface area (Å²) in [6.45, 7) is 0.614. The number of carbonyl (C=O) groups is 1. The van der Waals surface area contributed by atoms with Crippen molar-refractivity contribution < 1.29 is 4.79 Å². The highest BCUT2D eigenvalue weighted by atomic mass is 35.5. The Kier molecular flexibility index (Phi) is 4.74. The summed E-state index contributed by atoms with van der Waals surface area (Å²) in [4.78, 5) is 12.5. The lowest BCUT2D eigenvalue weighted by Crippen LogP contribution is -2.04. The van der Waals surface area contributed by atoms with Crippen molar-refractivity contribution in [3.05, 3.63) is 101 Å². The van der Waals surface area contributed by atoms with Crippen LogP contribution in [0.2, 0.25) is 5.02 Å². The van der Waals surface area contributed by atoms with Crippen molar-refractivity contribution in [1.82, 2.24) is 0 Å². The molecule has 23 heavy (non-hydrogen) atoms. The van der Waals surface area contributed by atoms with Gasteiger partial charge in [-0.1, -0.05) is 72.3 Å². The third kappa shape index (κ3) is 3.79. The molecular formula is C20H16ClNO. The Morgan fingerprint density at radius 3 is 2.30 bits per heavy atom. The first kappa shape index (κ1) is 15.3. The molecule has 0 radical (unpaired) electrons. The predicted octanol–water partition coefficient (Wildman–Crippen LogP) is 5.18. The van der Waals surface area contributed by atoms with Crippen LogP contribution >= 0.6 is 11.6 Å². The first-order valence-corrected chi connectivity index (χ1v) is 7.79. The topological polar surface area (TPSA) is 29.1 Å². The van der Waals surface area contributed by atoms with Gasteiger partial charge in [-0.25, -0.2) is 0 Å². The molecule has 0 aromatic heterocycles. The molecule has 2 nitrogen and oxygen atoms in total. The molecule has 114 valence electrons. The molecule has 0 bridgehead atoms. The van der Waals surface area contributed by atoms with E-state index in [0.29, 0.717) is 17.7 Å². The maximum atomic E-state index is 12.5. The minimum absolute atomic E-state index is 0.0204. The summed E-state index contributed by atoms with van der Waals surface area (Å²) >= 11 is 6.16. The van der Waals surface area contributed by atoms with Gasteiger partial charge >= 0.3 is 0 Å². The number of rotatable bonds is 5. The van der Waals surface area contributed by atoms with Gasteiger partial charge in [0.2, 0.25) is 0 Å². The van der Waals surface area contributed by atoms with E-state index in [1.54, 1.807) is 0 Å². The van der Waals surface area contributed by atoms with Gasteiger partial charge in [-0.3, -0.25) is 4.79 Å². The van der Waals surface area contributed by atoms with Crippen LogP contribution in [0.15, 0.2) is 78.9 Å². The number of hydrogen-bond acceptors (Lipinski definition) is 2. The summed E-state index contributed by atoms with van der Waals surface area (Å²) in [7, 11) is 0. The average molecular weight is 322 g/mol. The summed E-state index contributed by atoms with van der Waals surface area (Å²) in [5, 5.41) is 4.04. The summed E-state index contributed by atoms with van der Waals surface area (Å²) in [6, 6.07) is 24.5. The van der Waals surface area contributed by atoms with Crippen molar-refractivity contribution in [3.63, 3.8) is 0 Å². The fraction of sp³-hybridized carbons (Fsp3) is 0.0500. The molecule has 1 N–H and O–H groups in total. The molecule has 0 unspecified atom stereocenters. The van der Waals surface area contributed by atoms with Crippen LogP contribution in [0.5, 0.6) is 0 Å². The van der Waals surface area contributed by atoms with Gasteiger partial charge in [0.1, 0.15) is 0 Å². The Morgan fingerprint density at radius 2 is 1.52 bits per heavy atom. The molecule has 0 aliphatic heterocycles. The molecular weight excluding hydrogens is 306 g/mol. The lowest BCUT2D eigenvalue weighted by molar-refractivity contribution is 0.103. The number of hydrogen-bond donors (Lipinski definition) is 1. The minimum atomic E-state index is 0.0204. The van der Waals surface area contributed by atoms with Gasteiger partial charge in [-0.05, 0) is 23.8 Å². The van der Waals surface area contributed by atoms with Crippen molar-refractivity contribution in [2.45, 2.75) is 6.54 Å². The van der Waals surface area contributed by atoms with Crippen molar-refractivity contribution in [2.24, 2.45) is 0 Å². The highest BCUT2D eigenvalue weighted by Gasteiger charge is 2.09. The van der Waals surface area contributed by atoms with Crippen LogP contribution in [-0.4, -0.2) is 5.78 Å². The van der Waals surface area contributed by atoms with E-state index in [1.807, 2.05) is 78.9 Å². The maximum absolute atomic E-state index is 12.5. The smallest absolute Gasteiger partial charge is 0.193 e. The number of nitrogens with one attached hydrogen (secondary N) is 1. The first-order valence-electron chi connectivity index (χ1n) is 7.41. The SMILES string of the molecule is O=C(c1ccccc1)c1cccc(NCc2ccccc2Cl)c1. The highest BCUT2D eigenvalue weighted by Crippen LogP contribution is 2.19. The zero-order valence-electron chi connectivity index (χ0n) is 12.5. The third-order valence-corrected chi connectivity index (χ3v) is 3.97. The van der Waals surface area contributed by atoms with E-state index in [0.717, 1.165) is 16.3 Å². The zero-order chi connectivity index (χ0) is 16.1. The average Bonchev–Trinajstić information content (AvgIpc) is 2.61. The Balaban J connectivity index is 1.75. The van der Waals surface area contributed by atoms with Crippen LogP contribution in [0, 0.1) is 0 Å². The Bertz CT molecular complexity index is 815. The second kappa shape index (κ2) is 7.12. The summed E-state index contributed by atoms with van der Waals surface area (Å²) < 4.78 is 0. The largest absolute Gasteiger partial charge is 0.381 e. The van der Waals surface area contributed by atoms with E-state index in [4.69, 9.17) is 11.6 Å². The normalized spacial score (nSPS) is 10.3. The van der Waals surface area contributed by atoms with Gasteiger partial charge in [-0.15, -0.1) is 0 Å². The van der Waals surface area contributed by atoms with Crippen LogP contribution < -0.4 is 5.32 Å². The van der Waals surface area contributed by atoms with E-state index >= 15 is 0 Å². The predicted molar refractivity (Wildman–Crippen MR) is 95.1 cm³/mol. The Hall–Kier alpha value is -2.58. The monoisotopic (exact) mass is 321 g/mol. The van der Waals surface area contributed by atoms with Crippen LogP contribution in [0.4, 0.5) is 5.69 Å². The van der Waals surface area contributed by atoms with E-state index in [9.17, 15) is 4.79 Å². The molecule has 0 spiro atoms. The van der Waals surface area contributed by atoms with E-state index < -0.39 is 0 Å². The molecule has 0 atom stereocenters. The van der Waals surface area contributed by atoms with Crippen LogP contribution in [0.1, 0.15) is 21.5 Å². The van der Waals surface area contributed by atoms with Crippen molar-refractivity contribution >= 4 is 23.1 Å². The zero-order valence-corrected chi connectivity index (χ0v) is 13.3. The number of anilines is 1. The summed E-state index contributed by atoms with van der Waals surface area (Å²) in [5.41, 5.74) is 3.27. The summed E-state index contributed by atoms with van der Waals surface area (Å²) in [5.74, 6) is 0.0204. The maximum Gasteiger partial charge on any atom is 0.193 e. The molecule has 3 aromatic rings. The Morgan fingerprint density at radius 1 is 0.826 bits per heavy atom. The second-order valence-corrected chi connectivity index (χ2v) is 5.63. The number of benzene rings is 3. The quantitative estimate of drug-likeness (QED) is 0.656. The first-order chi connectivity index (χ1) is 11.2. The van der Waals surface area contributed by atoms with Gasteiger partial charge in [0.25, 0.3) is 0 Å². The third-order valence-electron chi connectivity index (χ3n) is 3.60. The van der Waals surface area contributed by atoms with Crippen molar-refractivity contribution in [1.29, 1.82) is 0 Å². The van der Waals surface area contributed by atoms with Gasteiger partial charge in [0.15, 0.2) is 5.78 Å². The molecule has 0 aliphatic carbocycles. The highest BCUT2D eigenvalue weighted by molar-refractivity contribution is 6.31. The molecule has 3 aromatic carbocycles. The molecule has 3 heteroatoms. The molecule has 0 saturated carbocycles. The number of carbonyl (C=O) groups excluding carboxylic acids is 1. The van der Waals surface area contributed by atoms with Crippen LogP contribution in [0.3, 0.4) is 0 Å². The van der Waals surface area contributed by atoms with Crippen molar-refractivity contribution in [2.75, 3.05) is 5.32 Å². The molecule has 0 aliphatic rings. The van der Waals surface area contributed by atoms with Crippen LogP contribution in [-0.2, 0) is 6.54 Å². The second-order valence-electron chi connectivity index (χ2n) is 5.22. The molecule has 0 amide bonds. The van der Waals surface area contributed by atoms with E-state index in [2.05, 4.69) is 5.32 Å². The fourth-order valence-electron chi connectivity index (χ4n) is 2.37. The lowest BCUT2D eigenvalue weighted by atomic mass is 10.0. The Labute approximate surface area is 140 Å². The molecule has 0 heterocycles. The fourth-order valence-corrected chi connectivity index (χ4v) is 2.57. The van der Waals surface area contributed by atoms with Gasteiger partial charge in [0.05, 0.1) is 0 Å². The van der Waals surface area contributed by atoms with E-state index in [-0.39, 0.29) is 5.78 Å². The van der Waals surface area contributed by atoms with Gasteiger partial charge in [0, 0.05) is 28.4 Å². The number of halogens is 1. The molecule has 0 saturated heterocycles. The van der Waals surface area contributed by atoms with Crippen LogP contribution in [0.25, 0.3) is 0 Å². The summed E-state index contributed by atoms with van der Waals surface area (Å²) in [6.07, 6.45) is 0. The minimum Gasteiger partial charge on any atom is -0.381 e. The van der Waals surface area contributed by atoms with Gasteiger partial charge in [-0.2, -0.15) is 0 Å².